The van der Waals surface area contributed by atoms with Gasteiger partial charge in [-0.3, -0.25) is 0 Å². The van der Waals surface area contributed by atoms with Crippen LogP contribution in [0.2, 0.25) is 0 Å². The SMILES string of the molecule is Cc1ccc(-c2c(C)noc2C)cc1S(=O)(=O)NC1CCCC1. The predicted octanol–water partition coefficient (Wildman–Crippen LogP) is 3.49. The summed E-state index contributed by atoms with van der Waals surface area (Å²) < 4.78 is 33.5. The topological polar surface area (TPSA) is 72.2 Å². The van der Waals surface area contributed by atoms with Crippen molar-refractivity contribution in [2.75, 3.05) is 0 Å². The Kier molecular flexibility index (Phi) is 4.29. The molecule has 124 valence electrons. The van der Waals surface area contributed by atoms with Gasteiger partial charge < -0.3 is 4.52 Å². The minimum atomic E-state index is -3.51. The lowest BCUT2D eigenvalue weighted by Crippen LogP contribution is -2.33. The Morgan fingerprint density at radius 3 is 2.48 bits per heavy atom. The summed E-state index contributed by atoms with van der Waals surface area (Å²) in [7, 11) is -3.51. The molecular weight excluding hydrogens is 312 g/mol. The predicted molar refractivity (Wildman–Crippen MR) is 88.7 cm³/mol. The Bertz CT molecular complexity index is 799. The van der Waals surface area contributed by atoms with Crippen molar-refractivity contribution in [3.05, 3.63) is 35.2 Å². The molecule has 0 aliphatic heterocycles. The number of hydrogen-bond acceptors (Lipinski definition) is 4. The Morgan fingerprint density at radius 2 is 1.87 bits per heavy atom. The second-order valence-corrected chi connectivity index (χ2v) is 7.96. The summed E-state index contributed by atoms with van der Waals surface area (Å²) in [6.07, 6.45) is 4.01. The zero-order valence-corrected chi connectivity index (χ0v) is 14.5. The second kappa shape index (κ2) is 6.09. The van der Waals surface area contributed by atoms with E-state index >= 15 is 0 Å². The van der Waals surface area contributed by atoms with Crippen LogP contribution in [-0.2, 0) is 10.0 Å². The summed E-state index contributed by atoms with van der Waals surface area (Å²) >= 11 is 0. The summed E-state index contributed by atoms with van der Waals surface area (Å²) in [5.74, 6) is 0.693. The van der Waals surface area contributed by atoms with E-state index in [0.717, 1.165) is 48.1 Å². The monoisotopic (exact) mass is 334 g/mol. The molecule has 0 unspecified atom stereocenters. The van der Waals surface area contributed by atoms with Crippen molar-refractivity contribution in [1.82, 2.24) is 9.88 Å². The van der Waals surface area contributed by atoms with Crippen LogP contribution in [0, 0.1) is 20.8 Å². The Balaban J connectivity index is 2.01. The van der Waals surface area contributed by atoms with Gasteiger partial charge in [0.25, 0.3) is 0 Å². The maximum atomic E-state index is 12.8. The van der Waals surface area contributed by atoms with Gasteiger partial charge in [-0.25, -0.2) is 13.1 Å². The summed E-state index contributed by atoms with van der Waals surface area (Å²) in [6, 6.07) is 5.53. The number of aromatic nitrogens is 1. The van der Waals surface area contributed by atoms with Crippen molar-refractivity contribution in [3.63, 3.8) is 0 Å². The lowest BCUT2D eigenvalue weighted by molar-refractivity contribution is 0.393. The molecule has 0 saturated heterocycles. The fourth-order valence-corrected chi connectivity index (χ4v) is 4.84. The van der Waals surface area contributed by atoms with E-state index in [1.165, 1.54) is 0 Å². The summed E-state index contributed by atoms with van der Waals surface area (Å²) in [5, 5.41) is 3.95. The minimum Gasteiger partial charge on any atom is -0.361 e. The molecule has 1 aliphatic rings. The first-order valence-corrected chi connectivity index (χ1v) is 9.43. The van der Waals surface area contributed by atoms with Crippen molar-refractivity contribution >= 4 is 10.0 Å². The zero-order valence-electron chi connectivity index (χ0n) is 13.7. The molecule has 1 fully saturated rings. The van der Waals surface area contributed by atoms with Crippen LogP contribution in [0.1, 0.15) is 42.7 Å². The van der Waals surface area contributed by atoms with Crippen LogP contribution < -0.4 is 4.72 Å². The molecule has 23 heavy (non-hydrogen) atoms. The minimum absolute atomic E-state index is 0.0575. The molecule has 0 bridgehead atoms. The fourth-order valence-electron chi connectivity index (χ4n) is 3.27. The molecule has 0 atom stereocenters. The Labute approximate surface area is 137 Å². The van der Waals surface area contributed by atoms with Gasteiger partial charge in [0.2, 0.25) is 10.0 Å². The Hall–Kier alpha value is -1.66. The molecular formula is C17H22N2O3S. The average Bonchev–Trinajstić information content (AvgIpc) is 3.10. The maximum absolute atomic E-state index is 12.8. The molecule has 6 heteroatoms. The number of sulfonamides is 1. The van der Waals surface area contributed by atoms with Gasteiger partial charge in [-0.1, -0.05) is 30.1 Å². The van der Waals surface area contributed by atoms with Crippen LogP contribution >= 0.6 is 0 Å². The molecule has 1 aromatic carbocycles. The Morgan fingerprint density at radius 1 is 1.17 bits per heavy atom. The van der Waals surface area contributed by atoms with E-state index in [0.29, 0.717) is 10.7 Å². The lowest BCUT2D eigenvalue weighted by atomic mass is 10.0. The summed E-state index contributed by atoms with van der Waals surface area (Å²) in [6.45, 7) is 5.51. The largest absolute Gasteiger partial charge is 0.361 e. The van der Waals surface area contributed by atoms with Crippen LogP contribution in [0.15, 0.2) is 27.6 Å². The smallest absolute Gasteiger partial charge is 0.241 e. The van der Waals surface area contributed by atoms with E-state index in [9.17, 15) is 8.42 Å². The molecule has 2 aromatic rings. The third-order valence-electron chi connectivity index (χ3n) is 4.48. The highest BCUT2D eigenvalue weighted by Gasteiger charge is 2.25. The number of aryl methyl sites for hydroxylation is 3. The highest BCUT2D eigenvalue weighted by atomic mass is 32.2. The van der Waals surface area contributed by atoms with Crippen molar-refractivity contribution in [2.45, 2.75) is 57.4 Å². The quantitative estimate of drug-likeness (QED) is 0.929. The van der Waals surface area contributed by atoms with Crippen molar-refractivity contribution in [1.29, 1.82) is 0 Å². The maximum Gasteiger partial charge on any atom is 0.241 e. The molecule has 0 radical (unpaired) electrons. The molecule has 0 spiro atoms. The molecule has 1 aliphatic carbocycles. The lowest BCUT2D eigenvalue weighted by Gasteiger charge is -2.15. The molecule has 1 heterocycles. The zero-order chi connectivity index (χ0) is 16.6. The molecule has 1 N–H and O–H groups in total. The van der Waals surface area contributed by atoms with Gasteiger partial charge >= 0.3 is 0 Å². The first kappa shape index (κ1) is 16.2. The molecule has 3 rings (SSSR count). The normalized spacial score (nSPS) is 16.1. The first-order valence-electron chi connectivity index (χ1n) is 7.95. The van der Waals surface area contributed by atoms with Crippen LogP contribution in [0.5, 0.6) is 0 Å². The van der Waals surface area contributed by atoms with Gasteiger partial charge in [-0.05, 0) is 50.8 Å². The van der Waals surface area contributed by atoms with Crippen LogP contribution in [0.3, 0.4) is 0 Å². The second-order valence-electron chi connectivity index (χ2n) is 6.28. The van der Waals surface area contributed by atoms with Gasteiger partial charge in [-0.15, -0.1) is 0 Å². The number of benzene rings is 1. The van der Waals surface area contributed by atoms with Crippen molar-refractivity contribution in [3.8, 4) is 11.1 Å². The molecule has 1 aromatic heterocycles. The summed E-state index contributed by atoms with van der Waals surface area (Å²) in [5.41, 5.74) is 3.19. The summed E-state index contributed by atoms with van der Waals surface area (Å²) in [4.78, 5) is 0.335. The van der Waals surface area contributed by atoms with E-state index in [1.807, 2.05) is 32.9 Å². The average molecular weight is 334 g/mol. The van der Waals surface area contributed by atoms with Gasteiger partial charge in [0.05, 0.1) is 10.6 Å². The third kappa shape index (κ3) is 3.19. The number of rotatable bonds is 4. The van der Waals surface area contributed by atoms with E-state index in [4.69, 9.17) is 4.52 Å². The van der Waals surface area contributed by atoms with Crippen LogP contribution in [0.25, 0.3) is 11.1 Å². The first-order chi connectivity index (χ1) is 10.9. The van der Waals surface area contributed by atoms with Gasteiger partial charge in [0.1, 0.15) is 5.76 Å². The van der Waals surface area contributed by atoms with Gasteiger partial charge in [-0.2, -0.15) is 0 Å². The highest BCUT2D eigenvalue weighted by molar-refractivity contribution is 7.89. The van der Waals surface area contributed by atoms with Gasteiger partial charge in [0, 0.05) is 11.6 Å². The van der Waals surface area contributed by atoms with Crippen LogP contribution in [-0.4, -0.2) is 19.6 Å². The number of hydrogen-bond donors (Lipinski definition) is 1. The fraction of sp³-hybridized carbons (Fsp3) is 0.471. The van der Waals surface area contributed by atoms with E-state index in [-0.39, 0.29) is 6.04 Å². The molecule has 0 amide bonds. The molecule has 5 nitrogen and oxygen atoms in total. The van der Waals surface area contributed by atoms with Gasteiger partial charge in [0.15, 0.2) is 0 Å². The van der Waals surface area contributed by atoms with E-state index in [1.54, 1.807) is 6.07 Å². The number of nitrogens with one attached hydrogen (secondary N) is 1. The van der Waals surface area contributed by atoms with E-state index < -0.39 is 10.0 Å². The van der Waals surface area contributed by atoms with Crippen LogP contribution in [0.4, 0.5) is 0 Å². The highest BCUT2D eigenvalue weighted by Crippen LogP contribution is 2.30. The van der Waals surface area contributed by atoms with Crippen molar-refractivity contribution in [2.24, 2.45) is 0 Å². The van der Waals surface area contributed by atoms with E-state index in [2.05, 4.69) is 9.88 Å². The standard InChI is InChI=1S/C17H22N2O3S/c1-11-8-9-14(17-12(2)18-22-13(17)3)10-16(11)23(20,21)19-15-6-4-5-7-15/h8-10,15,19H,4-7H2,1-3H3. The van der Waals surface area contributed by atoms with Crippen molar-refractivity contribution < 1.29 is 12.9 Å². The number of nitrogens with zero attached hydrogens (tertiary/aromatic N) is 1. The molecule has 1 saturated carbocycles. The third-order valence-corrected chi connectivity index (χ3v) is 6.14.